The summed E-state index contributed by atoms with van der Waals surface area (Å²) in [4.78, 5) is 33.5. The molecule has 2 aliphatic carbocycles. The quantitative estimate of drug-likeness (QED) is 0.814. The summed E-state index contributed by atoms with van der Waals surface area (Å²) in [6.45, 7) is -12.5. The van der Waals surface area contributed by atoms with Gasteiger partial charge >= 0.3 is 5.69 Å². The molecule has 0 saturated heterocycles. The molecule has 0 aliphatic heterocycles. The molecule has 4 rings (SSSR count). The van der Waals surface area contributed by atoms with Gasteiger partial charge in [-0.05, 0) is 62.3 Å². The molecule has 0 amide bonds. The zero-order valence-electron chi connectivity index (χ0n) is 38.9. The van der Waals surface area contributed by atoms with Crippen molar-refractivity contribution in [2.45, 2.75) is 90.6 Å². The summed E-state index contributed by atoms with van der Waals surface area (Å²) in [6, 6.07) is 0. The van der Waals surface area contributed by atoms with Crippen LogP contribution in [0.15, 0.2) is 9.59 Å². The van der Waals surface area contributed by atoms with Crippen molar-refractivity contribution >= 4 is 11.2 Å². The van der Waals surface area contributed by atoms with Crippen LogP contribution in [0.3, 0.4) is 0 Å². The van der Waals surface area contributed by atoms with Crippen molar-refractivity contribution in [2.24, 2.45) is 17.7 Å². The van der Waals surface area contributed by atoms with E-state index < -0.39 is 127 Å². The van der Waals surface area contributed by atoms with E-state index in [4.69, 9.17) is 30.2 Å². The molecular weight excluding hydrogens is 352 g/mol. The van der Waals surface area contributed by atoms with Crippen molar-refractivity contribution in [3.8, 4) is 0 Å². The molecular formula is C22H34N4O2. The van der Waals surface area contributed by atoms with Crippen LogP contribution in [0.25, 0.3) is 11.2 Å². The van der Waals surface area contributed by atoms with Crippen LogP contribution in [-0.4, -0.2) is 19.1 Å². The number of imidazole rings is 1. The summed E-state index contributed by atoms with van der Waals surface area (Å²) in [7, 11) is 0. The van der Waals surface area contributed by atoms with Crippen molar-refractivity contribution < 1.29 is 32.9 Å². The second-order valence-electron chi connectivity index (χ2n) is 6.20. The molecule has 1 N–H and O–H groups in total. The van der Waals surface area contributed by atoms with Gasteiger partial charge in [-0.3, -0.25) is 13.9 Å². The lowest BCUT2D eigenvalue weighted by molar-refractivity contribution is 0.0863. The Balaban J connectivity index is 2.35. The highest BCUT2D eigenvalue weighted by Crippen LogP contribution is 2.50. The van der Waals surface area contributed by atoms with Gasteiger partial charge in [-0.25, -0.2) is 9.78 Å². The van der Waals surface area contributed by atoms with Gasteiger partial charge in [0.25, 0.3) is 5.56 Å². The predicted octanol–water partition coefficient (Wildman–Crippen LogP) is 3.81. The first-order valence-corrected chi connectivity index (χ1v) is 8.30. The number of aryl methyl sites for hydroxylation is 1. The lowest BCUT2D eigenvalue weighted by Crippen LogP contribution is -2.40. The molecule has 154 valence electrons. The monoisotopic (exact) mass is 410 g/mol. The Morgan fingerprint density at radius 3 is 2.68 bits per heavy atom. The third kappa shape index (κ3) is 3.15. The standard InChI is InChI=1S/C22H34N4O2/c1-5-7-25-18-17(19(27)26(8-6-2)21(25)28)23-20(24-18)22(4)12-15-9-14(3)10-16(11-15)13-22/h14-16H,5-13H2,1-4H3,(H,23,24)/i1D3,3D2,5D2,7D2,8D2,9D2,10D2,11D2,12D2,13D2,14D,15D,16D. The highest BCUT2D eigenvalue weighted by atomic mass is 16.2. The van der Waals surface area contributed by atoms with Gasteiger partial charge in [0.1, 0.15) is 11.3 Å². The van der Waals surface area contributed by atoms with Crippen LogP contribution in [0.5, 0.6) is 0 Å². The van der Waals surface area contributed by atoms with E-state index >= 15 is 0 Å². The zero-order chi connectivity index (χ0) is 41.2. The first-order valence-electron chi connectivity index (χ1n) is 20.5. The van der Waals surface area contributed by atoms with Crippen molar-refractivity contribution in [3.63, 3.8) is 0 Å². The van der Waals surface area contributed by atoms with Gasteiger partial charge in [0.2, 0.25) is 0 Å². The Hall–Kier alpha value is -1.85. The molecule has 2 saturated carbocycles. The summed E-state index contributed by atoms with van der Waals surface area (Å²) in [5, 5.41) is 0. The van der Waals surface area contributed by atoms with Crippen LogP contribution < -0.4 is 11.2 Å². The SMILES string of the molecule is [2H]C([2H])C1([2H])C([2H])([2H])C2([2H])C([2H])([2H])C(C)(c3nc4c([nH]3)c(=O)n(C([2H])([2H])CC)c(=O)n4C([2H])([2H])C([2H])([2H])C([2H])([2H])[2H])C([2H])([2H])C([2H])(C1([2H])[2H])C2([2H])[2H]. The number of hydrogen-bond acceptors (Lipinski definition) is 3. The number of aromatic nitrogens is 4. The highest BCUT2D eigenvalue weighted by molar-refractivity contribution is 5.70. The van der Waals surface area contributed by atoms with Crippen LogP contribution in [0.1, 0.15) is 111 Å². The predicted molar refractivity (Wildman–Crippen MR) is 112 cm³/mol. The fourth-order valence-electron chi connectivity index (χ4n) is 3.02. The summed E-state index contributed by atoms with van der Waals surface area (Å²) in [5.74, 6) is -14.1. The molecule has 2 aromatic rings. The molecule has 2 bridgehead atoms. The zero-order valence-corrected chi connectivity index (χ0v) is 14.9. The third-order valence-electron chi connectivity index (χ3n) is 4.17. The van der Waals surface area contributed by atoms with Gasteiger partial charge < -0.3 is 4.98 Å². The number of H-pyrrole nitrogens is 1. The van der Waals surface area contributed by atoms with Crippen molar-refractivity contribution in [1.29, 1.82) is 0 Å². The number of aromatic amines is 1. The fraction of sp³-hybridized carbons (Fsp3) is 0.773. The van der Waals surface area contributed by atoms with E-state index in [-0.39, 0.29) is 4.57 Å². The first kappa shape index (κ1) is 5.86. The lowest BCUT2D eigenvalue weighted by Gasteiger charge is -2.46. The lowest BCUT2D eigenvalue weighted by atomic mass is 9.59. The Labute approximate surface area is 200 Å². The first-order chi connectivity index (χ1) is 22.7. The molecule has 2 aliphatic rings. The molecule has 0 radical (unpaired) electrons. The van der Waals surface area contributed by atoms with E-state index in [1.165, 1.54) is 0 Å². The number of nitrogens with one attached hydrogen (secondary N) is 1. The Morgan fingerprint density at radius 2 is 2.04 bits per heavy atom. The second-order valence-corrected chi connectivity index (χ2v) is 6.20. The molecule has 2 heterocycles. The normalized spacial score (nSPS) is 61.7. The maximum atomic E-state index is 13.8. The van der Waals surface area contributed by atoms with Crippen molar-refractivity contribution in [1.82, 2.24) is 19.1 Å². The number of rotatable bonds is 5. The summed E-state index contributed by atoms with van der Waals surface area (Å²) in [5.41, 5.74) is -10.0. The number of hydrogen-bond donors (Lipinski definition) is 1. The van der Waals surface area contributed by atoms with Gasteiger partial charge in [-0.2, -0.15) is 0 Å². The summed E-state index contributed by atoms with van der Waals surface area (Å²) < 4.78 is 204. The van der Waals surface area contributed by atoms with Crippen LogP contribution >= 0.6 is 0 Å². The molecule has 2 atom stereocenters. The number of fused-ring (bicyclic) bond motifs is 3. The molecule has 0 spiro atoms. The van der Waals surface area contributed by atoms with Gasteiger partial charge in [0.15, 0.2) is 5.65 Å². The average molecular weight is 411 g/mol. The summed E-state index contributed by atoms with van der Waals surface area (Å²) in [6.07, 6.45) is -26.1. The number of nitrogens with zero attached hydrogens (tertiary/aromatic N) is 3. The van der Waals surface area contributed by atoms with Crippen molar-refractivity contribution in [3.05, 3.63) is 26.7 Å². The van der Waals surface area contributed by atoms with Crippen LogP contribution in [-0.2, 0) is 18.4 Å². The van der Waals surface area contributed by atoms with Crippen LogP contribution in [0.4, 0.5) is 0 Å². The maximum Gasteiger partial charge on any atom is 0.332 e. The van der Waals surface area contributed by atoms with Gasteiger partial charge in [0.05, 0.1) is 2.74 Å². The molecule has 2 aromatic heterocycles. The minimum atomic E-state index is -4.32. The van der Waals surface area contributed by atoms with Crippen LogP contribution in [0.2, 0.25) is 0 Å². The van der Waals surface area contributed by atoms with E-state index in [1.54, 1.807) is 0 Å². The Bertz CT molecular complexity index is 1880. The third-order valence-corrected chi connectivity index (χ3v) is 4.17. The van der Waals surface area contributed by atoms with E-state index in [1.807, 2.05) is 0 Å². The second kappa shape index (κ2) is 7.20. The van der Waals surface area contributed by atoms with E-state index in [0.717, 1.165) is 6.92 Å². The Morgan fingerprint density at radius 1 is 1.29 bits per heavy atom. The topological polar surface area (TPSA) is 72.7 Å². The smallest absolute Gasteiger partial charge is 0.332 e. The minimum Gasteiger partial charge on any atom is -0.336 e. The van der Waals surface area contributed by atoms with Crippen LogP contribution in [0, 0.1) is 17.7 Å². The van der Waals surface area contributed by atoms with Gasteiger partial charge in [0, 0.05) is 48.6 Å². The van der Waals surface area contributed by atoms with E-state index in [0.29, 0.717) is 6.92 Å². The Kier molecular flexibility index (Phi) is 1.50. The largest absolute Gasteiger partial charge is 0.336 e. The highest BCUT2D eigenvalue weighted by Gasteiger charge is 2.43. The molecule has 28 heavy (non-hydrogen) atoms. The van der Waals surface area contributed by atoms with E-state index in [2.05, 4.69) is 9.97 Å². The molecule has 2 fully saturated rings. The van der Waals surface area contributed by atoms with E-state index in [9.17, 15) is 12.3 Å². The average Bonchev–Trinajstić information content (AvgIpc) is 3.41. The minimum absolute atomic E-state index is 0.253. The molecule has 6 nitrogen and oxygen atoms in total. The van der Waals surface area contributed by atoms with Gasteiger partial charge in [-0.1, -0.05) is 27.6 Å². The molecule has 0 aromatic carbocycles. The fourth-order valence-corrected chi connectivity index (χ4v) is 3.02. The maximum absolute atomic E-state index is 13.8. The summed E-state index contributed by atoms with van der Waals surface area (Å²) >= 11 is 0. The van der Waals surface area contributed by atoms with Crippen molar-refractivity contribution in [2.75, 3.05) is 0 Å². The molecule has 2 unspecified atom stereocenters. The van der Waals surface area contributed by atoms with Gasteiger partial charge in [-0.15, -0.1) is 0 Å². The molecule has 6 heteroatoms.